The van der Waals surface area contributed by atoms with E-state index >= 15 is 0 Å². The molecule has 0 saturated heterocycles. The van der Waals surface area contributed by atoms with Gasteiger partial charge in [0.1, 0.15) is 5.75 Å². The van der Waals surface area contributed by atoms with Crippen LogP contribution in [0.25, 0.3) is 11.4 Å². The van der Waals surface area contributed by atoms with Gasteiger partial charge in [-0.25, -0.2) is 0 Å². The third-order valence-electron chi connectivity index (χ3n) is 2.34. The molecule has 0 atom stereocenters. The number of halogens is 1. The highest BCUT2D eigenvalue weighted by Gasteiger charge is 2.15. The molecule has 4 nitrogen and oxygen atoms in total. The van der Waals surface area contributed by atoms with Gasteiger partial charge >= 0.3 is 0 Å². The average Bonchev–Trinajstić information content (AvgIpc) is 2.78. The van der Waals surface area contributed by atoms with Crippen LogP contribution in [0.4, 0.5) is 0 Å². The van der Waals surface area contributed by atoms with Gasteiger partial charge in [-0.1, -0.05) is 30.6 Å². The normalized spacial score (nSPS) is 10.9. The van der Waals surface area contributed by atoms with Crippen LogP contribution in [0.5, 0.6) is 5.75 Å². The van der Waals surface area contributed by atoms with Gasteiger partial charge in [0.05, 0.1) is 12.7 Å². The maximum Gasteiger partial charge on any atom is 0.229 e. The lowest BCUT2D eigenvalue weighted by atomic mass is 10.2. The lowest BCUT2D eigenvalue weighted by Crippen LogP contribution is -1.90. The molecule has 1 heterocycles. The highest BCUT2D eigenvalue weighted by Crippen LogP contribution is 2.31. The van der Waals surface area contributed by atoms with Gasteiger partial charge in [-0.05, 0) is 18.2 Å². The van der Waals surface area contributed by atoms with Crippen molar-refractivity contribution >= 4 is 11.6 Å². The van der Waals surface area contributed by atoms with Gasteiger partial charge < -0.3 is 9.26 Å². The van der Waals surface area contributed by atoms with Crippen LogP contribution in [-0.2, 0) is 0 Å². The van der Waals surface area contributed by atoms with Crippen LogP contribution in [0.2, 0.25) is 5.02 Å². The van der Waals surface area contributed by atoms with Gasteiger partial charge in [-0.15, -0.1) is 0 Å². The van der Waals surface area contributed by atoms with Crippen molar-refractivity contribution in [3.63, 3.8) is 0 Å². The average molecular weight is 253 g/mol. The number of rotatable bonds is 3. The minimum absolute atomic E-state index is 0.196. The molecule has 0 fully saturated rings. The van der Waals surface area contributed by atoms with E-state index < -0.39 is 0 Å². The molecule has 0 amide bonds. The zero-order chi connectivity index (χ0) is 12.4. The Balaban J connectivity index is 2.47. The molecule has 0 spiro atoms. The topological polar surface area (TPSA) is 48.2 Å². The largest absolute Gasteiger partial charge is 0.496 e. The van der Waals surface area contributed by atoms with E-state index in [2.05, 4.69) is 10.1 Å². The lowest BCUT2D eigenvalue weighted by Gasteiger charge is -2.04. The van der Waals surface area contributed by atoms with Crippen LogP contribution < -0.4 is 4.74 Å². The molecule has 0 aliphatic carbocycles. The number of ether oxygens (including phenoxy) is 1. The Labute approximate surface area is 105 Å². The molecule has 0 N–H and O–H groups in total. The van der Waals surface area contributed by atoms with E-state index in [1.165, 1.54) is 0 Å². The summed E-state index contributed by atoms with van der Waals surface area (Å²) in [6, 6.07) is 5.30. The minimum atomic E-state index is 0.196. The molecular weight excluding hydrogens is 240 g/mol. The van der Waals surface area contributed by atoms with Crippen molar-refractivity contribution in [2.75, 3.05) is 7.11 Å². The maximum atomic E-state index is 5.95. The molecule has 5 heteroatoms. The Hall–Kier alpha value is -1.55. The molecule has 0 bridgehead atoms. The van der Waals surface area contributed by atoms with Crippen LogP contribution >= 0.6 is 11.6 Å². The first-order valence-corrected chi connectivity index (χ1v) is 5.67. The fourth-order valence-corrected chi connectivity index (χ4v) is 1.61. The van der Waals surface area contributed by atoms with Crippen LogP contribution in [0, 0.1) is 0 Å². The molecule has 1 aromatic carbocycles. The molecule has 90 valence electrons. The molecule has 2 rings (SSSR count). The van der Waals surface area contributed by atoms with Crippen LogP contribution in [0.15, 0.2) is 22.7 Å². The predicted molar refractivity (Wildman–Crippen MR) is 65.4 cm³/mol. The Morgan fingerprint density at radius 3 is 2.71 bits per heavy atom. The standard InChI is InChI=1S/C12H13ClN2O2/c1-7(2)12-14-11(15-17-12)9-6-8(13)4-5-10(9)16-3/h4-7H,1-3H3. The van der Waals surface area contributed by atoms with Crippen molar-refractivity contribution in [2.45, 2.75) is 19.8 Å². The Bertz CT molecular complexity index is 523. The summed E-state index contributed by atoms with van der Waals surface area (Å²) in [6.45, 7) is 3.99. The highest BCUT2D eigenvalue weighted by atomic mass is 35.5. The fraction of sp³-hybridized carbons (Fsp3) is 0.333. The third-order valence-corrected chi connectivity index (χ3v) is 2.57. The summed E-state index contributed by atoms with van der Waals surface area (Å²) in [5.41, 5.74) is 0.732. The van der Waals surface area contributed by atoms with Crippen LogP contribution in [0.1, 0.15) is 25.7 Å². The number of benzene rings is 1. The number of aromatic nitrogens is 2. The molecule has 0 aliphatic rings. The third kappa shape index (κ3) is 2.42. The number of hydrogen-bond acceptors (Lipinski definition) is 4. The smallest absolute Gasteiger partial charge is 0.229 e. The van der Waals surface area contributed by atoms with Gasteiger partial charge in [0, 0.05) is 10.9 Å². The number of nitrogens with zero attached hydrogens (tertiary/aromatic N) is 2. The summed E-state index contributed by atoms with van der Waals surface area (Å²) in [4.78, 5) is 4.31. The van der Waals surface area contributed by atoms with E-state index in [4.69, 9.17) is 20.9 Å². The van der Waals surface area contributed by atoms with Crippen LogP contribution in [-0.4, -0.2) is 17.3 Å². The summed E-state index contributed by atoms with van der Waals surface area (Å²) >= 11 is 5.95. The van der Waals surface area contributed by atoms with Gasteiger partial charge in [0.2, 0.25) is 11.7 Å². The van der Waals surface area contributed by atoms with Gasteiger partial charge in [0.15, 0.2) is 0 Å². The van der Waals surface area contributed by atoms with Crippen molar-refractivity contribution < 1.29 is 9.26 Å². The van der Waals surface area contributed by atoms with Gasteiger partial charge in [0.25, 0.3) is 0 Å². The number of hydrogen-bond donors (Lipinski definition) is 0. The summed E-state index contributed by atoms with van der Waals surface area (Å²) in [5, 5.41) is 4.54. The van der Waals surface area contributed by atoms with Crippen molar-refractivity contribution in [1.29, 1.82) is 0 Å². The monoisotopic (exact) mass is 252 g/mol. The van der Waals surface area contributed by atoms with E-state index in [9.17, 15) is 0 Å². The van der Waals surface area contributed by atoms with Gasteiger partial charge in [-0.3, -0.25) is 0 Å². The molecule has 2 aromatic rings. The minimum Gasteiger partial charge on any atom is -0.496 e. The summed E-state index contributed by atoms with van der Waals surface area (Å²) in [6.07, 6.45) is 0. The Kier molecular flexibility index (Phi) is 3.33. The highest BCUT2D eigenvalue weighted by molar-refractivity contribution is 6.30. The van der Waals surface area contributed by atoms with Crippen LogP contribution in [0.3, 0.4) is 0 Å². The zero-order valence-corrected chi connectivity index (χ0v) is 10.7. The summed E-state index contributed by atoms with van der Waals surface area (Å²) in [7, 11) is 1.59. The second kappa shape index (κ2) is 4.75. The molecule has 0 aliphatic heterocycles. The zero-order valence-electron chi connectivity index (χ0n) is 9.90. The summed E-state index contributed by atoms with van der Waals surface area (Å²) in [5.74, 6) is 1.96. The van der Waals surface area contributed by atoms with Crippen molar-refractivity contribution in [2.24, 2.45) is 0 Å². The number of methoxy groups -OCH3 is 1. The second-order valence-corrected chi connectivity index (χ2v) is 4.39. The van der Waals surface area contributed by atoms with Crippen molar-refractivity contribution in [1.82, 2.24) is 10.1 Å². The SMILES string of the molecule is COc1ccc(Cl)cc1-c1noc(C(C)C)n1. The lowest BCUT2D eigenvalue weighted by molar-refractivity contribution is 0.365. The molecule has 17 heavy (non-hydrogen) atoms. The fourth-order valence-electron chi connectivity index (χ4n) is 1.43. The van der Waals surface area contributed by atoms with Crippen molar-refractivity contribution in [3.8, 4) is 17.1 Å². The molecule has 0 saturated carbocycles. The van der Waals surface area contributed by atoms with Crippen molar-refractivity contribution in [3.05, 3.63) is 29.1 Å². The van der Waals surface area contributed by atoms with E-state index in [1.54, 1.807) is 25.3 Å². The first kappa shape index (κ1) is 11.9. The molecule has 1 aromatic heterocycles. The van der Waals surface area contributed by atoms with Gasteiger partial charge in [-0.2, -0.15) is 4.98 Å². The molecular formula is C12H13ClN2O2. The maximum absolute atomic E-state index is 5.95. The van der Waals surface area contributed by atoms with E-state index in [0.717, 1.165) is 5.56 Å². The first-order chi connectivity index (χ1) is 8.11. The van der Waals surface area contributed by atoms with E-state index in [-0.39, 0.29) is 5.92 Å². The Morgan fingerprint density at radius 2 is 2.12 bits per heavy atom. The van der Waals surface area contributed by atoms with E-state index in [0.29, 0.717) is 22.5 Å². The molecule has 0 radical (unpaired) electrons. The predicted octanol–water partition coefficient (Wildman–Crippen LogP) is 3.52. The summed E-state index contributed by atoms with van der Waals surface area (Å²) < 4.78 is 10.4. The first-order valence-electron chi connectivity index (χ1n) is 5.29. The Morgan fingerprint density at radius 1 is 1.35 bits per heavy atom. The second-order valence-electron chi connectivity index (χ2n) is 3.96. The van der Waals surface area contributed by atoms with E-state index in [1.807, 2.05) is 13.8 Å². The quantitative estimate of drug-likeness (QED) is 0.839. The molecule has 0 unspecified atom stereocenters.